The summed E-state index contributed by atoms with van der Waals surface area (Å²) in [5.74, 6) is 0.646. The summed E-state index contributed by atoms with van der Waals surface area (Å²) in [4.78, 5) is 11.9. The van der Waals surface area contributed by atoms with E-state index in [2.05, 4.69) is 10.6 Å². The maximum Gasteiger partial charge on any atom is 0.319 e. The number of anilines is 1. The number of aliphatic hydroxyl groups excluding tert-OH is 1. The van der Waals surface area contributed by atoms with Crippen molar-refractivity contribution in [3.63, 3.8) is 0 Å². The topological polar surface area (TPSA) is 61.4 Å². The molecule has 1 aromatic carbocycles. The van der Waals surface area contributed by atoms with Crippen molar-refractivity contribution in [2.75, 3.05) is 18.5 Å². The van der Waals surface area contributed by atoms with E-state index in [1.54, 1.807) is 18.2 Å². The fourth-order valence-electron chi connectivity index (χ4n) is 2.77. The van der Waals surface area contributed by atoms with Gasteiger partial charge >= 0.3 is 6.03 Å². The Labute approximate surface area is 134 Å². The van der Waals surface area contributed by atoms with Crippen LogP contribution in [0.15, 0.2) is 18.2 Å². The van der Waals surface area contributed by atoms with Gasteiger partial charge in [0.2, 0.25) is 0 Å². The van der Waals surface area contributed by atoms with E-state index in [9.17, 15) is 9.90 Å². The van der Waals surface area contributed by atoms with E-state index in [0.717, 1.165) is 25.7 Å². The third-order valence-electron chi connectivity index (χ3n) is 4.00. The number of hydrogen-bond donors (Lipinski definition) is 3. The van der Waals surface area contributed by atoms with Crippen molar-refractivity contribution < 1.29 is 9.90 Å². The van der Waals surface area contributed by atoms with Gasteiger partial charge in [-0.2, -0.15) is 0 Å². The Morgan fingerprint density at radius 1 is 1.19 bits per heavy atom. The SMILES string of the molecule is O=C(NCC1CCCCC1CO)Nc1ccc(Cl)c(Cl)c1. The van der Waals surface area contributed by atoms with Gasteiger partial charge in [0.05, 0.1) is 10.0 Å². The molecule has 1 aliphatic carbocycles. The molecule has 0 aromatic heterocycles. The average molecular weight is 331 g/mol. The Morgan fingerprint density at radius 3 is 2.57 bits per heavy atom. The summed E-state index contributed by atoms with van der Waals surface area (Å²) < 4.78 is 0. The summed E-state index contributed by atoms with van der Waals surface area (Å²) in [5.41, 5.74) is 0.601. The zero-order valence-corrected chi connectivity index (χ0v) is 13.3. The lowest BCUT2D eigenvalue weighted by Gasteiger charge is -2.30. The highest BCUT2D eigenvalue weighted by Crippen LogP contribution is 2.29. The van der Waals surface area contributed by atoms with E-state index in [4.69, 9.17) is 23.2 Å². The van der Waals surface area contributed by atoms with Crippen molar-refractivity contribution in [2.45, 2.75) is 25.7 Å². The van der Waals surface area contributed by atoms with Crippen LogP contribution < -0.4 is 10.6 Å². The van der Waals surface area contributed by atoms with Crippen molar-refractivity contribution >= 4 is 34.9 Å². The Balaban J connectivity index is 1.82. The standard InChI is InChI=1S/C15H20Cl2N2O2/c16-13-6-5-12(7-14(13)17)19-15(21)18-8-10-3-1-2-4-11(10)9-20/h5-7,10-11,20H,1-4,8-9H2,(H2,18,19,21). The fourth-order valence-corrected chi connectivity index (χ4v) is 3.06. The van der Waals surface area contributed by atoms with Gasteiger partial charge in [-0.25, -0.2) is 4.79 Å². The summed E-state index contributed by atoms with van der Waals surface area (Å²) in [6.45, 7) is 0.777. The van der Waals surface area contributed by atoms with Crippen molar-refractivity contribution in [3.05, 3.63) is 28.2 Å². The molecule has 0 saturated heterocycles. The Morgan fingerprint density at radius 2 is 1.90 bits per heavy atom. The maximum atomic E-state index is 11.9. The number of rotatable bonds is 4. The van der Waals surface area contributed by atoms with E-state index < -0.39 is 0 Å². The van der Waals surface area contributed by atoms with Crippen LogP contribution in [0, 0.1) is 11.8 Å². The smallest absolute Gasteiger partial charge is 0.319 e. The van der Waals surface area contributed by atoms with Crippen molar-refractivity contribution in [3.8, 4) is 0 Å². The van der Waals surface area contributed by atoms with Crippen molar-refractivity contribution in [1.29, 1.82) is 0 Å². The number of benzene rings is 1. The first kappa shape index (κ1) is 16.4. The number of amides is 2. The molecule has 3 N–H and O–H groups in total. The molecule has 1 aromatic rings. The van der Waals surface area contributed by atoms with Crippen molar-refractivity contribution in [2.24, 2.45) is 11.8 Å². The molecule has 1 aliphatic rings. The summed E-state index contributed by atoms with van der Waals surface area (Å²) >= 11 is 11.7. The molecule has 2 unspecified atom stereocenters. The third-order valence-corrected chi connectivity index (χ3v) is 4.74. The molecule has 0 radical (unpaired) electrons. The minimum absolute atomic E-state index is 0.195. The van der Waals surface area contributed by atoms with Gasteiger partial charge in [-0.3, -0.25) is 0 Å². The molecule has 0 spiro atoms. The van der Waals surface area contributed by atoms with Crippen LogP contribution in [0.5, 0.6) is 0 Å². The van der Waals surface area contributed by atoms with Crippen LogP contribution in [0.25, 0.3) is 0 Å². The van der Waals surface area contributed by atoms with Gasteiger partial charge < -0.3 is 15.7 Å². The van der Waals surface area contributed by atoms with Crippen LogP contribution in [-0.2, 0) is 0 Å². The van der Waals surface area contributed by atoms with Gasteiger partial charge in [-0.15, -0.1) is 0 Å². The summed E-state index contributed by atoms with van der Waals surface area (Å²) in [5, 5.41) is 15.8. The first-order valence-electron chi connectivity index (χ1n) is 7.21. The van der Waals surface area contributed by atoms with Gasteiger partial charge in [0.15, 0.2) is 0 Å². The Kier molecular flexibility index (Phi) is 6.15. The number of aliphatic hydroxyl groups is 1. The molecule has 1 saturated carbocycles. The predicted molar refractivity (Wildman–Crippen MR) is 86.0 cm³/mol. The van der Waals surface area contributed by atoms with Crippen LogP contribution in [0.4, 0.5) is 10.5 Å². The minimum Gasteiger partial charge on any atom is -0.396 e. The molecular formula is C15H20Cl2N2O2. The van der Waals surface area contributed by atoms with Crippen LogP contribution in [-0.4, -0.2) is 24.3 Å². The van der Waals surface area contributed by atoms with Crippen LogP contribution in [0.2, 0.25) is 10.0 Å². The molecule has 2 atom stereocenters. The maximum absolute atomic E-state index is 11.9. The highest BCUT2D eigenvalue weighted by Gasteiger charge is 2.24. The second kappa shape index (κ2) is 7.87. The summed E-state index contributed by atoms with van der Waals surface area (Å²) in [7, 11) is 0. The predicted octanol–water partition coefficient (Wildman–Crippen LogP) is 3.91. The summed E-state index contributed by atoms with van der Waals surface area (Å²) in [6.07, 6.45) is 4.42. The highest BCUT2D eigenvalue weighted by atomic mass is 35.5. The van der Waals surface area contributed by atoms with Crippen molar-refractivity contribution in [1.82, 2.24) is 5.32 Å². The summed E-state index contributed by atoms with van der Waals surface area (Å²) in [6, 6.07) is 4.68. The first-order chi connectivity index (χ1) is 10.1. The molecule has 6 heteroatoms. The van der Waals surface area contributed by atoms with Crippen LogP contribution in [0.1, 0.15) is 25.7 Å². The number of halogens is 2. The van der Waals surface area contributed by atoms with Gasteiger partial charge in [0.1, 0.15) is 0 Å². The van der Waals surface area contributed by atoms with Gasteiger partial charge in [-0.05, 0) is 42.9 Å². The third kappa shape index (κ3) is 4.77. The van der Waals surface area contributed by atoms with Gasteiger partial charge in [0.25, 0.3) is 0 Å². The number of carbonyl (C=O) groups excluding carboxylic acids is 1. The number of hydrogen-bond acceptors (Lipinski definition) is 2. The molecular weight excluding hydrogens is 311 g/mol. The number of nitrogens with one attached hydrogen (secondary N) is 2. The normalized spacial score (nSPS) is 21.9. The van der Waals surface area contributed by atoms with E-state index in [1.807, 2.05) is 0 Å². The van der Waals surface area contributed by atoms with Gasteiger partial charge in [0, 0.05) is 18.8 Å². The first-order valence-corrected chi connectivity index (χ1v) is 7.96. The highest BCUT2D eigenvalue weighted by molar-refractivity contribution is 6.42. The second-order valence-corrected chi connectivity index (χ2v) is 6.27. The monoisotopic (exact) mass is 330 g/mol. The lowest BCUT2D eigenvalue weighted by molar-refractivity contribution is 0.134. The lowest BCUT2D eigenvalue weighted by atomic mass is 9.80. The second-order valence-electron chi connectivity index (χ2n) is 5.45. The molecule has 2 rings (SSSR count). The molecule has 116 valence electrons. The average Bonchev–Trinajstić information content (AvgIpc) is 2.49. The largest absolute Gasteiger partial charge is 0.396 e. The minimum atomic E-state index is -0.268. The van der Waals surface area contributed by atoms with E-state index in [1.165, 1.54) is 0 Å². The Bertz CT molecular complexity index is 497. The fraction of sp³-hybridized carbons (Fsp3) is 0.533. The molecule has 0 bridgehead atoms. The zero-order chi connectivity index (χ0) is 15.2. The molecule has 2 amide bonds. The van der Waals surface area contributed by atoms with Crippen LogP contribution >= 0.6 is 23.2 Å². The molecule has 21 heavy (non-hydrogen) atoms. The van der Waals surface area contributed by atoms with Gasteiger partial charge in [-0.1, -0.05) is 36.0 Å². The molecule has 0 aliphatic heterocycles. The quantitative estimate of drug-likeness (QED) is 0.783. The van der Waals surface area contributed by atoms with Crippen LogP contribution in [0.3, 0.4) is 0 Å². The molecule has 4 nitrogen and oxygen atoms in total. The number of carbonyl (C=O) groups is 1. The van der Waals surface area contributed by atoms with E-state index >= 15 is 0 Å². The van der Waals surface area contributed by atoms with E-state index in [-0.39, 0.29) is 12.6 Å². The molecule has 0 heterocycles. The lowest BCUT2D eigenvalue weighted by Crippen LogP contribution is -2.37. The number of urea groups is 1. The Hall–Kier alpha value is -0.970. The zero-order valence-electron chi connectivity index (χ0n) is 11.7. The van der Waals surface area contributed by atoms with E-state index in [0.29, 0.717) is 34.1 Å². The molecule has 1 fully saturated rings.